The zero-order chi connectivity index (χ0) is 15.3. The molecule has 114 valence electrons. The lowest BCUT2D eigenvalue weighted by Gasteiger charge is -2.36. The van der Waals surface area contributed by atoms with Gasteiger partial charge in [0.2, 0.25) is 0 Å². The molecular formula is C16H25BrClNO. The molecule has 1 N–H and O–H groups in total. The molecule has 0 fully saturated rings. The van der Waals surface area contributed by atoms with Crippen LogP contribution in [0.1, 0.15) is 33.3 Å². The van der Waals surface area contributed by atoms with Gasteiger partial charge in [0.05, 0.1) is 6.10 Å². The van der Waals surface area contributed by atoms with E-state index in [1.165, 1.54) is 0 Å². The topological polar surface area (TPSA) is 21.3 Å². The first-order chi connectivity index (χ1) is 9.29. The van der Waals surface area contributed by atoms with E-state index in [1.54, 1.807) is 7.11 Å². The van der Waals surface area contributed by atoms with Gasteiger partial charge in [-0.15, -0.1) is 0 Å². The molecule has 1 aromatic carbocycles. The van der Waals surface area contributed by atoms with Crippen molar-refractivity contribution in [1.29, 1.82) is 0 Å². The summed E-state index contributed by atoms with van der Waals surface area (Å²) < 4.78 is 6.76. The summed E-state index contributed by atoms with van der Waals surface area (Å²) in [6, 6.07) is 6.29. The molecule has 0 amide bonds. The quantitative estimate of drug-likeness (QED) is 0.793. The molecule has 0 aliphatic heterocycles. The van der Waals surface area contributed by atoms with Crippen molar-refractivity contribution in [1.82, 2.24) is 5.32 Å². The van der Waals surface area contributed by atoms with Gasteiger partial charge in [-0.3, -0.25) is 0 Å². The van der Waals surface area contributed by atoms with Crippen LogP contribution < -0.4 is 5.32 Å². The van der Waals surface area contributed by atoms with E-state index in [1.807, 2.05) is 12.1 Å². The highest BCUT2D eigenvalue weighted by Crippen LogP contribution is 2.28. The van der Waals surface area contributed by atoms with Crippen LogP contribution in [0.2, 0.25) is 5.02 Å². The highest BCUT2D eigenvalue weighted by atomic mass is 79.9. The lowest BCUT2D eigenvalue weighted by Crippen LogP contribution is -2.49. The number of halogens is 2. The Morgan fingerprint density at radius 3 is 2.45 bits per heavy atom. The van der Waals surface area contributed by atoms with Crippen LogP contribution in [-0.2, 0) is 11.2 Å². The fourth-order valence-electron chi connectivity index (χ4n) is 2.59. The number of hydrogen-bond donors (Lipinski definition) is 1. The average molecular weight is 363 g/mol. The Morgan fingerprint density at radius 1 is 1.35 bits per heavy atom. The average Bonchev–Trinajstić information content (AvgIpc) is 2.32. The molecule has 0 aliphatic rings. The first kappa shape index (κ1) is 18.0. The first-order valence-corrected chi connectivity index (χ1v) is 8.16. The minimum atomic E-state index is 0.0728. The van der Waals surface area contributed by atoms with Gasteiger partial charge in [0.25, 0.3) is 0 Å². The summed E-state index contributed by atoms with van der Waals surface area (Å²) in [7, 11) is 1.78. The largest absolute Gasteiger partial charge is 0.379 e. The summed E-state index contributed by atoms with van der Waals surface area (Å²) in [6.07, 6.45) is 0.984. The van der Waals surface area contributed by atoms with Crippen LogP contribution in [0, 0.1) is 5.41 Å². The zero-order valence-electron chi connectivity index (χ0n) is 13.0. The van der Waals surface area contributed by atoms with Crippen molar-refractivity contribution in [2.24, 2.45) is 5.41 Å². The molecule has 1 aromatic rings. The van der Waals surface area contributed by atoms with Gasteiger partial charge in [-0.25, -0.2) is 0 Å². The van der Waals surface area contributed by atoms with Gasteiger partial charge in [-0.05, 0) is 36.1 Å². The standard InChI is InChI=1S/C16H25BrClNO/c1-6-19-14(15(20-5)16(2,3)4)9-11-7-8-12(17)10-13(11)18/h7-8,10,14-15,19H,6,9H2,1-5H3. The summed E-state index contributed by atoms with van der Waals surface area (Å²) in [5.41, 5.74) is 1.22. The van der Waals surface area contributed by atoms with Crippen molar-refractivity contribution in [3.63, 3.8) is 0 Å². The zero-order valence-corrected chi connectivity index (χ0v) is 15.3. The molecule has 0 saturated heterocycles. The van der Waals surface area contributed by atoms with Crippen molar-refractivity contribution in [3.05, 3.63) is 33.3 Å². The second kappa shape index (κ2) is 7.79. The van der Waals surface area contributed by atoms with Crippen LogP contribution in [0.3, 0.4) is 0 Å². The molecule has 0 saturated carbocycles. The first-order valence-electron chi connectivity index (χ1n) is 6.99. The molecule has 0 spiro atoms. The Balaban J connectivity index is 2.96. The van der Waals surface area contributed by atoms with E-state index < -0.39 is 0 Å². The third-order valence-electron chi connectivity index (χ3n) is 3.39. The van der Waals surface area contributed by atoms with Gasteiger partial charge in [0.15, 0.2) is 0 Å². The molecule has 2 atom stereocenters. The maximum Gasteiger partial charge on any atom is 0.0775 e. The second-order valence-corrected chi connectivity index (χ2v) is 7.45. The number of rotatable bonds is 6. The predicted octanol–water partition coefficient (Wildman–Crippen LogP) is 4.68. The van der Waals surface area contributed by atoms with Crippen molar-refractivity contribution in [3.8, 4) is 0 Å². The number of benzene rings is 1. The van der Waals surface area contributed by atoms with Crippen molar-refractivity contribution in [2.75, 3.05) is 13.7 Å². The minimum absolute atomic E-state index is 0.0728. The smallest absolute Gasteiger partial charge is 0.0775 e. The Kier molecular flexibility index (Phi) is 6.99. The maximum absolute atomic E-state index is 6.34. The van der Waals surface area contributed by atoms with E-state index in [-0.39, 0.29) is 17.6 Å². The third-order valence-corrected chi connectivity index (χ3v) is 4.24. The number of nitrogens with one attached hydrogen (secondary N) is 1. The van der Waals surface area contributed by atoms with Gasteiger partial charge >= 0.3 is 0 Å². The summed E-state index contributed by atoms with van der Waals surface area (Å²) in [5.74, 6) is 0. The summed E-state index contributed by atoms with van der Waals surface area (Å²) in [6.45, 7) is 9.64. The fourth-order valence-corrected chi connectivity index (χ4v) is 3.34. The van der Waals surface area contributed by atoms with Crippen LogP contribution in [0.5, 0.6) is 0 Å². The lowest BCUT2D eigenvalue weighted by molar-refractivity contribution is -0.0106. The summed E-state index contributed by atoms with van der Waals surface area (Å²) >= 11 is 9.78. The van der Waals surface area contributed by atoms with E-state index in [0.29, 0.717) is 0 Å². The van der Waals surface area contributed by atoms with Crippen LogP contribution in [0.15, 0.2) is 22.7 Å². The summed E-state index contributed by atoms with van der Waals surface area (Å²) in [5, 5.41) is 4.33. The van der Waals surface area contributed by atoms with Crippen molar-refractivity contribution >= 4 is 27.5 Å². The molecule has 20 heavy (non-hydrogen) atoms. The van der Waals surface area contributed by atoms with E-state index in [9.17, 15) is 0 Å². The summed E-state index contributed by atoms with van der Waals surface area (Å²) in [4.78, 5) is 0. The van der Waals surface area contributed by atoms with Crippen LogP contribution in [0.4, 0.5) is 0 Å². The molecule has 4 heteroatoms. The number of methoxy groups -OCH3 is 1. The Labute approximate surface area is 136 Å². The van der Waals surface area contributed by atoms with Crippen LogP contribution in [-0.4, -0.2) is 25.8 Å². The maximum atomic E-state index is 6.34. The van der Waals surface area contributed by atoms with E-state index in [4.69, 9.17) is 16.3 Å². The molecule has 0 aliphatic carbocycles. The Morgan fingerprint density at radius 2 is 2.00 bits per heavy atom. The second-order valence-electron chi connectivity index (χ2n) is 6.13. The number of hydrogen-bond acceptors (Lipinski definition) is 2. The third kappa shape index (κ3) is 5.03. The van der Waals surface area contributed by atoms with E-state index >= 15 is 0 Å². The Hall–Kier alpha value is -0.0900. The monoisotopic (exact) mass is 361 g/mol. The highest BCUT2D eigenvalue weighted by Gasteiger charge is 2.32. The van der Waals surface area contributed by atoms with Gasteiger partial charge in [-0.2, -0.15) is 0 Å². The number of likely N-dealkylation sites (N-methyl/N-ethyl adjacent to an activating group) is 1. The molecule has 2 unspecified atom stereocenters. The molecule has 0 bridgehead atoms. The highest BCUT2D eigenvalue weighted by molar-refractivity contribution is 9.10. The normalized spacial score (nSPS) is 15.2. The van der Waals surface area contributed by atoms with Gasteiger partial charge in [0.1, 0.15) is 0 Å². The minimum Gasteiger partial charge on any atom is -0.379 e. The molecule has 0 radical (unpaired) electrons. The van der Waals surface area contributed by atoms with Gasteiger partial charge < -0.3 is 10.1 Å². The predicted molar refractivity (Wildman–Crippen MR) is 90.6 cm³/mol. The van der Waals surface area contributed by atoms with Gasteiger partial charge in [-0.1, -0.05) is 61.3 Å². The van der Waals surface area contributed by atoms with Gasteiger partial charge in [0, 0.05) is 22.6 Å². The molecule has 2 nitrogen and oxygen atoms in total. The van der Waals surface area contributed by atoms with Crippen molar-refractivity contribution < 1.29 is 4.74 Å². The van der Waals surface area contributed by atoms with Crippen LogP contribution in [0.25, 0.3) is 0 Å². The molecule has 1 rings (SSSR count). The number of ether oxygens (including phenoxy) is 1. The lowest BCUT2D eigenvalue weighted by atomic mass is 9.82. The molecule has 0 aromatic heterocycles. The van der Waals surface area contributed by atoms with Crippen molar-refractivity contribution in [2.45, 2.75) is 46.3 Å². The van der Waals surface area contributed by atoms with E-state index in [0.717, 1.165) is 28.0 Å². The molecule has 0 heterocycles. The Bertz CT molecular complexity index is 431. The molecular weight excluding hydrogens is 338 g/mol. The van der Waals surface area contributed by atoms with Crippen LogP contribution >= 0.6 is 27.5 Å². The fraction of sp³-hybridized carbons (Fsp3) is 0.625. The SMILES string of the molecule is CCNC(Cc1ccc(Br)cc1Cl)C(OC)C(C)(C)C. The van der Waals surface area contributed by atoms with E-state index in [2.05, 4.69) is 55.0 Å².